The predicted octanol–water partition coefficient (Wildman–Crippen LogP) is 4.02. The topological polar surface area (TPSA) is 15.3 Å². The molecule has 1 aliphatic rings. The Morgan fingerprint density at radius 3 is 2.95 bits per heavy atom. The first kappa shape index (κ1) is 15.4. The minimum atomic E-state index is 0.725. The predicted molar refractivity (Wildman–Crippen MR) is 92.2 cm³/mol. The second kappa shape index (κ2) is 7.14. The SMILES string of the molecule is CC(C)CNCC1CCN(c2ccc(I)cc2Cl)C1. The lowest BCUT2D eigenvalue weighted by Crippen LogP contribution is -2.28. The summed E-state index contributed by atoms with van der Waals surface area (Å²) >= 11 is 8.64. The number of hydrogen-bond acceptors (Lipinski definition) is 2. The van der Waals surface area contributed by atoms with Gasteiger partial charge in [-0.2, -0.15) is 0 Å². The van der Waals surface area contributed by atoms with Crippen molar-refractivity contribution < 1.29 is 0 Å². The number of nitrogens with one attached hydrogen (secondary N) is 1. The van der Waals surface area contributed by atoms with Gasteiger partial charge >= 0.3 is 0 Å². The summed E-state index contributed by atoms with van der Waals surface area (Å²) in [7, 11) is 0. The molecular weight excluding hydrogens is 371 g/mol. The van der Waals surface area contributed by atoms with Crippen LogP contribution in [0.1, 0.15) is 20.3 Å². The average molecular weight is 393 g/mol. The summed E-state index contributed by atoms with van der Waals surface area (Å²) in [6.45, 7) is 8.97. The Morgan fingerprint density at radius 1 is 1.47 bits per heavy atom. The zero-order valence-electron chi connectivity index (χ0n) is 11.6. The molecule has 1 aromatic rings. The summed E-state index contributed by atoms with van der Waals surface area (Å²) in [4.78, 5) is 2.42. The highest BCUT2D eigenvalue weighted by Crippen LogP contribution is 2.31. The van der Waals surface area contributed by atoms with Crippen LogP contribution >= 0.6 is 34.2 Å². The van der Waals surface area contributed by atoms with Crippen LogP contribution in [-0.4, -0.2) is 26.2 Å². The van der Waals surface area contributed by atoms with E-state index >= 15 is 0 Å². The van der Waals surface area contributed by atoms with Crippen LogP contribution in [0.15, 0.2) is 18.2 Å². The Balaban J connectivity index is 1.87. The van der Waals surface area contributed by atoms with Gasteiger partial charge in [0.25, 0.3) is 0 Å². The maximum absolute atomic E-state index is 6.34. The van der Waals surface area contributed by atoms with Crippen molar-refractivity contribution in [1.82, 2.24) is 5.32 Å². The summed E-state index contributed by atoms with van der Waals surface area (Å²) in [5.41, 5.74) is 1.19. The van der Waals surface area contributed by atoms with Gasteiger partial charge in [-0.1, -0.05) is 25.4 Å². The molecular formula is C15H22ClIN2. The third-order valence-corrected chi connectivity index (χ3v) is 4.50. The Kier molecular flexibility index (Phi) is 5.78. The van der Waals surface area contributed by atoms with E-state index in [1.54, 1.807) is 0 Å². The molecule has 0 aromatic heterocycles. The summed E-state index contributed by atoms with van der Waals surface area (Å²) in [6.07, 6.45) is 1.26. The lowest BCUT2D eigenvalue weighted by atomic mass is 10.1. The number of anilines is 1. The zero-order valence-corrected chi connectivity index (χ0v) is 14.5. The molecule has 1 N–H and O–H groups in total. The smallest absolute Gasteiger partial charge is 0.0650 e. The molecule has 0 aliphatic carbocycles. The molecule has 0 saturated carbocycles. The van der Waals surface area contributed by atoms with Gasteiger partial charge in [-0.25, -0.2) is 0 Å². The van der Waals surface area contributed by atoms with Crippen LogP contribution in [0.4, 0.5) is 5.69 Å². The van der Waals surface area contributed by atoms with Crippen LogP contribution in [0.25, 0.3) is 0 Å². The summed E-state index contributed by atoms with van der Waals surface area (Å²) in [5, 5.41) is 4.44. The van der Waals surface area contributed by atoms with E-state index in [1.807, 2.05) is 6.07 Å². The second-order valence-corrected chi connectivity index (χ2v) is 7.40. The van der Waals surface area contributed by atoms with Crippen molar-refractivity contribution in [2.75, 3.05) is 31.1 Å². The van der Waals surface area contributed by atoms with Crippen molar-refractivity contribution in [2.24, 2.45) is 11.8 Å². The largest absolute Gasteiger partial charge is 0.370 e. The van der Waals surface area contributed by atoms with Crippen molar-refractivity contribution in [3.05, 3.63) is 26.8 Å². The lowest BCUT2D eigenvalue weighted by Gasteiger charge is -2.20. The maximum atomic E-state index is 6.34. The zero-order chi connectivity index (χ0) is 13.8. The van der Waals surface area contributed by atoms with Crippen molar-refractivity contribution >= 4 is 39.9 Å². The summed E-state index contributed by atoms with van der Waals surface area (Å²) in [6, 6.07) is 6.32. The molecule has 0 bridgehead atoms. The van der Waals surface area contributed by atoms with Gasteiger partial charge in [0.2, 0.25) is 0 Å². The van der Waals surface area contributed by atoms with Gasteiger partial charge in [0.1, 0.15) is 0 Å². The van der Waals surface area contributed by atoms with Crippen LogP contribution < -0.4 is 10.2 Å². The van der Waals surface area contributed by atoms with Crippen LogP contribution in [0.5, 0.6) is 0 Å². The monoisotopic (exact) mass is 392 g/mol. The molecule has 1 heterocycles. The minimum Gasteiger partial charge on any atom is -0.370 e. The molecule has 2 rings (SSSR count). The Morgan fingerprint density at radius 2 is 2.26 bits per heavy atom. The number of benzene rings is 1. The molecule has 1 saturated heterocycles. The maximum Gasteiger partial charge on any atom is 0.0650 e. The molecule has 1 aromatic carbocycles. The van der Waals surface area contributed by atoms with E-state index in [4.69, 9.17) is 11.6 Å². The van der Waals surface area contributed by atoms with E-state index < -0.39 is 0 Å². The fourth-order valence-corrected chi connectivity index (χ4v) is 3.51. The quantitative estimate of drug-likeness (QED) is 0.762. The normalized spacial score (nSPS) is 19.4. The second-order valence-electron chi connectivity index (χ2n) is 5.75. The number of hydrogen-bond donors (Lipinski definition) is 1. The van der Waals surface area contributed by atoms with Crippen LogP contribution in [-0.2, 0) is 0 Å². The van der Waals surface area contributed by atoms with Gasteiger partial charge in [-0.05, 0) is 72.1 Å². The van der Waals surface area contributed by atoms with E-state index in [9.17, 15) is 0 Å². The number of nitrogens with zero attached hydrogens (tertiary/aromatic N) is 1. The lowest BCUT2D eigenvalue weighted by molar-refractivity contribution is 0.477. The first-order valence-corrected chi connectivity index (χ1v) is 8.42. The molecule has 4 heteroatoms. The number of rotatable bonds is 5. The molecule has 106 valence electrons. The van der Waals surface area contributed by atoms with Crippen molar-refractivity contribution in [3.8, 4) is 0 Å². The van der Waals surface area contributed by atoms with Gasteiger partial charge in [0, 0.05) is 16.7 Å². The highest BCUT2D eigenvalue weighted by molar-refractivity contribution is 14.1. The van der Waals surface area contributed by atoms with E-state index in [0.717, 1.165) is 43.0 Å². The molecule has 0 spiro atoms. The van der Waals surface area contributed by atoms with Crippen LogP contribution in [0.3, 0.4) is 0 Å². The molecule has 0 radical (unpaired) electrons. The minimum absolute atomic E-state index is 0.725. The first-order chi connectivity index (χ1) is 9.06. The van der Waals surface area contributed by atoms with Gasteiger partial charge in [-0.15, -0.1) is 0 Å². The molecule has 1 unspecified atom stereocenters. The van der Waals surface area contributed by atoms with Crippen molar-refractivity contribution in [2.45, 2.75) is 20.3 Å². The van der Waals surface area contributed by atoms with Gasteiger partial charge < -0.3 is 10.2 Å². The van der Waals surface area contributed by atoms with Crippen LogP contribution in [0.2, 0.25) is 5.02 Å². The van der Waals surface area contributed by atoms with Crippen molar-refractivity contribution in [3.63, 3.8) is 0 Å². The van der Waals surface area contributed by atoms with Crippen LogP contribution in [0, 0.1) is 15.4 Å². The molecule has 1 atom stereocenters. The van der Waals surface area contributed by atoms with Gasteiger partial charge in [0.05, 0.1) is 10.7 Å². The highest BCUT2D eigenvalue weighted by Gasteiger charge is 2.23. The molecule has 0 amide bonds. The summed E-state index contributed by atoms with van der Waals surface area (Å²) < 4.78 is 1.20. The highest BCUT2D eigenvalue weighted by atomic mass is 127. The fourth-order valence-electron chi connectivity index (χ4n) is 2.53. The third kappa shape index (κ3) is 4.50. The van der Waals surface area contributed by atoms with E-state index in [1.165, 1.54) is 15.7 Å². The molecule has 1 fully saturated rings. The first-order valence-electron chi connectivity index (χ1n) is 6.97. The van der Waals surface area contributed by atoms with Gasteiger partial charge in [-0.3, -0.25) is 0 Å². The summed E-state index contributed by atoms with van der Waals surface area (Å²) in [5.74, 6) is 1.47. The molecule has 2 nitrogen and oxygen atoms in total. The average Bonchev–Trinajstić information content (AvgIpc) is 2.77. The molecule has 1 aliphatic heterocycles. The van der Waals surface area contributed by atoms with E-state index in [0.29, 0.717) is 0 Å². The van der Waals surface area contributed by atoms with Gasteiger partial charge in [0.15, 0.2) is 0 Å². The van der Waals surface area contributed by atoms with Crippen molar-refractivity contribution in [1.29, 1.82) is 0 Å². The van der Waals surface area contributed by atoms with E-state index in [-0.39, 0.29) is 0 Å². The Labute approximate surface area is 135 Å². The third-order valence-electron chi connectivity index (χ3n) is 3.52. The Hall–Kier alpha value is -0.0000000000000000555. The number of halogens is 2. The standard InChI is InChI=1S/C15H22ClIN2/c1-11(2)8-18-9-12-5-6-19(10-12)15-4-3-13(17)7-14(15)16/h3-4,7,11-12,18H,5-6,8-10H2,1-2H3. The molecule has 19 heavy (non-hydrogen) atoms. The Bertz CT molecular complexity index is 423. The van der Waals surface area contributed by atoms with E-state index in [2.05, 4.69) is 58.8 Å². The fraction of sp³-hybridized carbons (Fsp3) is 0.600.